The molecule has 0 fully saturated rings. The van der Waals surface area contributed by atoms with Crippen LogP contribution in [0.4, 0.5) is 0 Å². The third kappa shape index (κ3) is 4.45. The molecule has 0 spiro atoms. The topological polar surface area (TPSA) is 72.8 Å². The second-order valence-electron chi connectivity index (χ2n) is 3.70. The minimum atomic E-state index is -0.850. The summed E-state index contributed by atoms with van der Waals surface area (Å²) in [5.74, 6) is -0.467. The van der Waals surface area contributed by atoms with E-state index in [1.54, 1.807) is 18.2 Å². The number of rotatable bonds is 6. The van der Waals surface area contributed by atoms with Crippen molar-refractivity contribution in [1.29, 1.82) is 0 Å². The third-order valence-electron chi connectivity index (χ3n) is 2.19. The molecule has 0 bridgehead atoms. The zero-order valence-corrected chi connectivity index (χ0v) is 10.4. The van der Waals surface area contributed by atoms with Crippen molar-refractivity contribution < 1.29 is 24.2 Å². The first kappa shape index (κ1) is 14.0. The Hall–Kier alpha value is -2.04. The summed E-state index contributed by atoms with van der Waals surface area (Å²) in [7, 11) is 0. The average Bonchev–Trinajstić information content (AvgIpc) is 2.29. The van der Waals surface area contributed by atoms with Gasteiger partial charge in [0.05, 0.1) is 6.61 Å². The number of esters is 1. The molecule has 0 radical (unpaired) electrons. The predicted octanol–water partition coefficient (Wildman–Crippen LogP) is 2.03. The lowest BCUT2D eigenvalue weighted by Gasteiger charge is -2.11. The van der Waals surface area contributed by atoms with E-state index in [0.717, 1.165) is 5.56 Å². The van der Waals surface area contributed by atoms with Crippen LogP contribution in [0.1, 0.15) is 25.8 Å². The van der Waals surface area contributed by atoms with E-state index in [2.05, 4.69) is 0 Å². The van der Waals surface area contributed by atoms with E-state index < -0.39 is 11.9 Å². The molecule has 1 aromatic rings. The number of carbonyl (C=O) groups excluding carboxylic acids is 1. The van der Waals surface area contributed by atoms with Gasteiger partial charge in [0.2, 0.25) is 0 Å². The molecule has 0 amide bonds. The van der Waals surface area contributed by atoms with E-state index in [9.17, 15) is 9.59 Å². The Labute approximate surface area is 105 Å². The molecule has 98 valence electrons. The van der Waals surface area contributed by atoms with Crippen LogP contribution in [-0.2, 0) is 16.0 Å². The number of carboxylic acid groups (broad SMARTS) is 1. The summed E-state index contributed by atoms with van der Waals surface area (Å²) < 4.78 is 10.4. The summed E-state index contributed by atoms with van der Waals surface area (Å²) in [6.45, 7) is 3.58. The fraction of sp³-hybridized carbons (Fsp3) is 0.385. The Morgan fingerprint density at radius 2 is 2.00 bits per heavy atom. The van der Waals surface area contributed by atoms with Crippen molar-refractivity contribution in [2.75, 3.05) is 6.61 Å². The SMILES string of the molecule is CCOc1cc(CCC(=O)O)ccc1OC(C)=O. The molecule has 1 N–H and O–H groups in total. The minimum absolute atomic E-state index is 0.0540. The molecule has 5 nitrogen and oxygen atoms in total. The van der Waals surface area contributed by atoms with Crippen molar-refractivity contribution in [2.24, 2.45) is 0 Å². The van der Waals surface area contributed by atoms with Crippen LogP contribution in [0, 0.1) is 0 Å². The van der Waals surface area contributed by atoms with Crippen molar-refractivity contribution >= 4 is 11.9 Å². The van der Waals surface area contributed by atoms with Gasteiger partial charge in [0.15, 0.2) is 11.5 Å². The van der Waals surface area contributed by atoms with Gasteiger partial charge in [-0.1, -0.05) is 6.07 Å². The van der Waals surface area contributed by atoms with Crippen molar-refractivity contribution in [3.8, 4) is 11.5 Å². The number of aryl methyl sites for hydroxylation is 1. The predicted molar refractivity (Wildman–Crippen MR) is 64.9 cm³/mol. The molecule has 0 aromatic heterocycles. The monoisotopic (exact) mass is 252 g/mol. The molecule has 0 atom stereocenters. The summed E-state index contributed by atoms with van der Waals surface area (Å²) in [6.07, 6.45) is 0.467. The number of aliphatic carboxylic acids is 1. The van der Waals surface area contributed by atoms with Gasteiger partial charge < -0.3 is 14.6 Å². The van der Waals surface area contributed by atoms with Crippen molar-refractivity contribution in [3.63, 3.8) is 0 Å². The van der Waals surface area contributed by atoms with E-state index >= 15 is 0 Å². The zero-order valence-electron chi connectivity index (χ0n) is 10.4. The lowest BCUT2D eigenvalue weighted by atomic mass is 10.1. The summed E-state index contributed by atoms with van der Waals surface area (Å²) in [5, 5.41) is 8.62. The number of benzene rings is 1. The summed E-state index contributed by atoms with van der Waals surface area (Å²) in [4.78, 5) is 21.4. The first-order valence-corrected chi connectivity index (χ1v) is 5.69. The maximum Gasteiger partial charge on any atom is 0.308 e. The molecule has 0 saturated carbocycles. The van der Waals surface area contributed by atoms with Crippen LogP contribution in [-0.4, -0.2) is 23.7 Å². The largest absolute Gasteiger partial charge is 0.490 e. The van der Waals surface area contributed by atoms with Gasteiger partial charge in [0.1, 0.15) is 0 Å². The highest BCUT2D eigenvalue weighted by atomic mass is 16.6. The van der Waals surface area contributed by atoms with E-state index in [1.165, 1.54) is 6.92 Å². The fourth-order valence-corrected chi connectivity index (χ4v) is 1.47. The van der Waals surface area contributed by atoms with Gasteiger partial charge in [-0.15, -0.1) is 0 Å². The fourth-order valence-electron chi connectivity index (χ4n) is 1.47. The summed E-state index contributed by atoms with van der Waals surface area (Å²) in [6, 6.07) is 5.04. The molecule has 0 aliphatic heterocycles. The normalized spacial score (nSPS) is 9.89. The Morgan fingerprint density at radius 1 is 1.28 bits per heavy atom. The second kappa shape index (κ2) is 6.64. The molecule has 0 aliphatic rings. The molecule has 0 aliphatic carbocycles. The van der Waals surface area contributed by atoms with Crippen LogP contribution in [0.2, 0.25) is 0 Å². The smallest absolute Gasteiger partial charge is 0.308 e. The van der Waals surface area contributed by atoms with Crippen LogP contribution in [0.25, 0.3) is 0 Å². The second-order valence-corrected chi connectivity index (χ2v) is 3.70. The molecular formula is C13H16O5. The number of hydrogen-bond acceptors (Lipinski definition) is 4. The quantitative estimate of drug-likeness (QED) is 0.619. The minimum Gasteiger partial charge on any atom is -0.490 e. The lowest BCUT2D eigenvalue weighted by molar-refractivity contribution is -0.137. The molecule has 0 unspecified atom stereocenters. The number of hydrogen-bond donors (Lipinski definition) is 1. The molecule has 5 heteroatoms. The standard InChI is InChI=1S/C13H16O5/c1-3-17-12-8-10(5-7-13(15)16)4-6-11(12)18-9(2)14/h4,6,8H,3,5,7H2,1-2H3,(H,15,16). The van der Waals surface area contributed by atoms with Crippen LogP contribution < -0.4 is 9.47 Å². The Kier molecular flexibility index (Phi) is 5.17. The van der Waals surface area contributed by atoms with E-state index in [0.29, 0.717) is 24.5 Å². The van der Waals surface area contributed by atoms with Gasteiger partial charge >= 0.3 is 11.9 Å². The van der Waals surface area contributed by atoms with Crippen molar-refractivity contribution in [3.05, 3.63) is 23.8 Å². The van der Waals surface area contributed by atoms with Gasteiger partial charge in [-0.25, -0.2) is 0 Å². The van der Waals surface area contributed by atoms with E-state index in [4.69, 9.17) is 14.6 Å². The highest BCUT2D eigenvalue weighted by Gasteiger charge is 2.09. The van der Waals surface area contributed by atoms with Crippen LogP contribution >= 0.6 is 0 Å². The molecule has 0 heterocycles. The Bertz CT molecular complexity index is 439. The molecular weight excluding hydrogens is 236 g/mol. The Balaban J connectivity index is 2.87. The van der Waals surface area contributed by atoms with Crippen LogP contribution in [0.5, 0.6) is 11.5 Å². The number of carbonyl (C=O) groups is 2. The lowest BCUT2D eigenvalue weighted by Crippen LogP contribution is -2.05. The maximum atomic E-state index is 10.9. The van der Waals surface area contributed by atoms with E-state index in [-0.39, 0.29) is 6.42 Å². The van der Waals surface area contributed by atoms with E-state index in [1.807, 2.05) is 6.92 Å². The number of ether oxygens (including phenoxy) is 2. The summed E-state index contributed by atoms with van der Waals surface area (Å²) in [5.41, 5.74) is 0.830. The maximum absolute atomic E-state index is 10.9. The van der Waals surface area contributed by atoms with Gasteiger partial charge in [-0.05, 0) is 31.0 Å². The van der Waals surface area contributed by atoms with Crippen LogP contribution in [0.15, 0.2) is 18.2 Å². The van der Waals surface area contributed by atoms with Gasteiger partial charge in [0.25, 0.3) is 0 Å². The molecule has 18 heavy (non-hydrogen) atoms. The van der Waals surface area contributed by atoms with Gasteiger partial charge in [-0.3, -0.25) is 9.59 Å². The average molecular weight is 252 g/mol. The van der Waals surface area contributed by atoms with Crippen LogP contribution in [0.3, 0.4) is 0 Å². The molecule has 1 rings (SSSR count). The molecule has 0 saturated heterocycles. The van der Waals surface area contributed by atoms with Gasteiger partial charge in [0, 0.05) is 13.3 Å². The highest BCUT2D eigenvalue weighted by Crippen LogP contribution is 2.29. The Morgan fingerprint density at radius 3 is 2.56 bits per heavy atom. The first-order valence-electron chi connectivity index (χ1n) is 5.69. The van der Waals surface area contributed by atoms with Gasteiger partial charge in [-0.2, -0.15) is 0 Å². The third-order valence-corrected chi connectivity index (χ3v) is 2.19. The summed E-state index contributed by atoms with van der Waals surface area (Å²) >= 11 is 0. The molecule has 1 aromatic carbocycles. The number of carboxylic acids is 1. The highest BCUT2D eigenvalue weighted by molar-refractivity contribution is 5.70. The van der Waals surface area contributed by atoms with Crippen molar-refractivity contribution in [2.45, 2.75) is 26.7 Å². The van der Waals surface area contributed by atoms with Crippen molar-refractivity contribution in [1.82, 2.24) is 0 Å². The first-order chi connectivity index (χ1) is 8.52. The zero-order chi connectivity index (χ0) is 13.5.